The molecular formula is C18H17N5O3. The number of rotatable bonds is 3. The van der Waals surface area contributed by atoms with Crippen LogP contribution in [0.5, 0.6) is 0 Å². The fourth-order valence-electron chi connectivity index (χ4n) is 3.18. The first-order valence-corrected chi connectivity index (χ1v) is 8.12. The van der Waals surface area contributed by atoms with Crippen LogP contribution in [0.15, 0.2) is 46.1 Å². The summed E-state index contributed by atoms with van der Waals surface area (Å²) in [7, 11) is 3.01. The summed E-state index contributed by atoms with van der Waals surface area (Å²) in [4.78, 5) is 41.7. The van der Waals surface area contributed by atoms with Gasteiger partial charge >= 0.3 is 5.69 Å². The molecule has 0 unspecified atom stereocenters. The van der Waals surface area contributed by atoms with Gasteiger partial charge in [0.2, 0.25) is 5.78 Å². The molecule has 0 N–H and O–H groups in total. The van der Waals surface area contributed by atoms with E-state index in [2.05, 4.69) is 4.98 Å². The molecule has 0 amide bonds. The van der Waals surface area contributed by atoms with Gasteiger partial charge in [0.1, 0.15) is 0 Å². The lowest BCUT2D eigenvalue weighted by atomic mass is 10.1. The molecule has 3 aromatic heterocycles. The third kappa shape index (κ3) is 2.15. The van der Waals surface area contributed by atoms with Crippen molar-refractivity contribution in [2.45, 2.75) is 13.5 Å². The maximum atomic E-state index is 12.6. The standard InChI is InChI=1S/C18H17N5O3/c1-11-9-23-14-15(20(2)18(26)21(3)16(14)25)19-17(23)22(11)10-13(24)12-7-5-4-6-8-12/h4-9H,10H2,1-3H3. The molecule has 4 aromatic rings. The van der Waals surface area contributed by atoms with Crippen LogP contribution in [0.4, 0.5) is 0 Å². The zero-order valence-electron chi connectivity index (χ0n) is 14.6. The molecule has 1 aromatic carbocycles. The van der Waals surface area contributed by atoms with Gasteiger partial charge in [-0.3, -0.25) is 23.1 Å². The van der Waals surface area contributed by atoms with Crippen molar-refractivity contribution in [3.8, 4) is 0 Å². The molecule has 0 aliphatic rings. The molecule has 0 aliphatic carbocycles. The molecule has 0 fully saturated rings. The molecule has 0 bridgehead atoms. The van der Waals surface area contributed by atoms with E-state index in [4.69, 9.17) is 0 Å². The van der Waals surface area contributed by atoms with Crippen molar-refractivity contribution < 1.29 is 4.79 Å². The van der Waals surface area contributed by atoms with E-state index >= 15 is 0 Å². The van der Waals surface area contributed by atoms with Crippen LogP contribution in [0.25, 0.3) is 16.9 Å². The molecule has 26 heavy (non-hydrogen) atoms. The number of benzene rings is 1. The quantitative estimate of drug-likeness (QED) is 0.513. The fourth-order valence-corrected chi connectivity index (χ4v) is 3.18. The van der Waals surface area contributed by atoms with Crippen LogP contribution in [0.1, 0.15) is 16.1 Å². The van der Waals surface area contributed by atoms with Crippen LogP contribution in [-0.4, -0.2) is 28.9 Å². The van der Waals surface area contributed by atoms with Crippen LogP contribution < -0.4 is 11.2 Å². The summed E-state index contributed by atoms with van der Waals surface area (Å²) in [5, 5.41) is 0. The molecule has 0 spiro atoms. The predicted octanol–water partition coefficient (Wildman–Crippen LogP) is 0.878. The van der Waals surface area contributed by atoms with Gasteiger partial charge in [0.15, 0.2) is 16.9 Å². The van der Waals surface area contributed by atoms with E-state index in [1.165, 1.54) is 11.6 Å². The minimum atomic E-state index is -0.438. The molecule has 0 saturated heterocycles. The number of hydrogen-bond acceptors (Lipinski definition) is 4. The first-order valence-electron chi connectivity index (χ1n) is 8.12. The lowest BCUT2D eigenvalue weighted by Gasteiger charge is -2.05. The van der Waals surface area contributed by atoms with E-state index in [9.17, 15) is 14.4 Å². The number of imidazole rings is 2. The first-order chi connectivity index (χ1) is 12.4. The first kappa shape index (κ1) is 16.1. The Hall–Kier alpha value is -3.42. The second-order valence-electron chi connectivity index (χ2n) is 6.31. The normalized spacial score (nSPS) is 11.5. The Labute approximate surface area is 147 Å². The summed E-state index contributed by atoms with van der Waals surface area (Å²) in [6.07, 6.45) is 1.76. The molecule has 0 aliphatic heterocycles. The summed E-state index contributed by atoms with van der Waals surface area (Å²) < 4.78 is 5.78. The van der Waals surface area contributed by atoms with Gasteiger partial charge in [-0.1, -0.05) is 30.3 Å². The number of fused-ring (bicyclic) bond motifs is 3. The second kappa shape index (κ2) is 5.55. The van der Waals surface area contributed by atoms with Gasteiger partial charge in [0.05, 0.1) is 6.54 Å². The average molecular weight is 351 g/mol. The number of aryl methyl sites for hydroxylation is 2. The average Bonchev–Trinajstić information content (AvgIpc) is 3.15. The Morgan fingerprint density at radius 3 is 2.46 bits per heavy atom. The molecule has 0 radical (unpaired) electrons. The topological polar surface area (TPSA) is 83.3 Å². The fraction of sp³-hybridized carbons (Fsp3) is 0.222. The number of nitrogens with zero attached hydrogens (tertiary/aromatic N) is 5. The van der Waals surface area contributed by atoms with Gasteiger partial charge in [0, 0.05) is 31.5 Å². The van der Waals surface area contributed by atoms with E-state index in [1.54, 1.807) is 34.3 Å². The zero-order valence-corrected chi connectivity index (χ0v) is 14.6. The molecule has 0 atom stereocenters. The third-order valence-electron chi connectivity index (χ3n) is 4.65. The Kier molecular flexibility index (Phi) is 3.43. The van der Waals surface area contributed by atoms with E-state index in [0.29, 0.717) is 22.5 Å². The largest absolute Gasteiger partial charge is 0.332 e. The molecule has 4 rings (SSSR count). The molecule has 8 nitrogen and oxygen atoms in total. The van der Waals surface area contributed by atoms with Crippen molar-refractivity contribution in [3.63, 3.8) is 0 Å². The number of carbonyl (C=O) groups is 1. The van der Waals surface area contributed by atoms with Gasteiger partial charge in [0.25, 0.3) is 5.56 Å². The van der Waals surface area contributed by atoms with Crippen LogP contribution >= 0.6 is 0 Å². The van der Waals surface area contributed by atoms with Crippen LogP contribution in [0.2, 0.25) is 0 Å². The van der Waals surface area contributed by atoms with Crippen molar-refractivity contribution in [1.29, 1.82) is 0 Å². The Morgan fingerprint density at radius 1 is 1.08 bits per heavy atom. The summed E-state index contributed by atoms with van der Waals surface area (Å²) in [6.45, 7) is 1.95. The molecule has 0 saturated carbocycles. The Bertz CT molecular complexity index is 1290. The molecule has 8 heteroatoms. The minimum Gasteiger partial charge on any atom is -0.306 e. The lowest BCUT2D eigenvalue weighted by molar-refractivity contribution is 0.0972. The molecule has 132 valence electrons. The monoisotopic (exact) mass is 351 g/mol. The van der Waals surface area contributed by atoms with Gasteiger partial charge < -0.3 is 4.57 Å². The highest BCUT2D eigenvalue weighted by Gasteiger charge is 2.20. The van der Waals surface area contributed by atoms with Crippen molar-refractivity contribution >= 4 is 22.7 Å². The number of hydrogen-bond donors (Lipinski definition) is 0. The number of aromatic nitrogens is 5. The van der Waals surface area contributed by atoms with Crippen molar-refractivity contribution in [3.05, 3.63) is 68.6 Å². The van der Waals surface area contributed by atoms with Crippen LogP contribution in [0, 0.1) is 6.92 Å². The maximum absolute atomic E-state index is 12.6. The van der Waals surface area contributed by atoms with E-state index in [1.807, 2.05) is 25.1 Å². The Morgan fingerprint density at radius 2 is 1.77 bits per heavy atom. The summed E-state index contributed by atoms with van der Waals surface area (Å²) in [5.74, 6) is 0.403. The van der Waals surface area contributed by atoms with Crippen molar-refractivity contribution in [2.75, 3.05) is 0 Å². The van der Waals surface area contributed by atoms with Gasteiger partial charge in [-0.25, -0.2) is 4.79 Å². The maximum Gasteiger partial charge on any atom is 0.332 e. The van der Waals surface area contributed by atoms with Crippen LogP contribution in [0.3, 0.4) is 0 Å². The third-order valence-corrected chi connectivity index (χ3v) is 4.65. The smallest absolute Gasteiger partial charge is 0.306 e. The summed E-state index contributed by atoms with van der Waals surface area (Å²) in [6, 6.07) is 9.01. The van der Waals surface area contributed by atoms with Crippen molar-refractivity contribution in [2.24, 2.45) is 14.1 Å². The molecule has 3 heterocycles. The highest BCUT2D eigenvalue weighted by Crippen LogP contribution is 2.17. The van der Waals surface area contributed by atoms with Gasteiger partial charge in [-0.15, -0.1) is 0 Å². The second-order valence-corrected chi connectivity index (χ2v) is 6.31. The van der Waals surface area contributed by atoms with E-state index in [-0.39, 0.29) is 12.3 Å². The number of carbonyl (C=O) groups excluding carboxylic acids is 1. The minimum absolute atomic E-state index is 0.0550. The lowest BCUT2D eigenvalue weighted by Crippen LogP contribution is -2.37. The SMILES string of the molecule is Cc1cn2c3c(=O)n(C)c(=O)n(C)c3nc2n1CC(=O)c1ccccc1. The number of Topliss-reactive ketones (excluding diaryl/α,β-unsaturated/α-hetero) is 1. The highest BCUT2D eigenvalue weighted by atomic mass is 16.2. The van der Waals surface area contributed by atoms with E-state index in [0.717, 1.165) is 10.3 Å². The van der Waals surface area contributed by atoms with Gasteiger partial charge in [-0.05, 0) is 6.92 Å². The Balaban J connectivity index is 1.95. The zero-order chi connectivity index (χ0) is 18.6. The van der Waals surface area contributed by atoms with E-state index < -0.39 is 11.2 Å². The molecular weight excluding hydrogens is 334 g/mol. The highest BCUT2D eigenvalue weighted by molar-refractivity contribution is 5.96. The van der Waals surface area contributed by atoms with Crippen molar-refractivity contribution in [1.82, 2.24) is 23.1 Å². The number of ketones is 1. The predicted molar refractivity (Wildman–Crippen MR) is 96.7 cm³/mol. The summed E-state index contributed by atoms with van der Waals surface area (Å²) in [5.41, 5.74) is 1.18. The van der Waals surface area contributed by atoms with Crippen LogP contribution in [-0.2, 0) is 20.6 Å². The van der Waals surface area contributed by atoms with Gasteiger partial charge in [-0.2, -0.15) is 4.98 Å². The summed E-state index contributed by atoms with van der Waals surface area (Å²) >= 11 is 0.